The van der Waals surface area contributed by atoms with Crippen LogP contribution in [0.15, 0.2) is 15.9 Å². The average Bonchev–Trinajstić information content (AvgIpc) is 2.70. The molecule has 0 saturated heterocycles. The Morgan fingerprint density at radius 3 is 2.76 bits per heavy atom. The van der Waals surface area contributed by atoms with Gasteiger partial charge in [0.2, 0.25) is 5.91 Å². The number of halogens is 1. The second kappa shape index (κ2) is 6.52. The zero-order valence-electron chi connectivity index (χ0n) is 10.3. The average molecular weight is 319 g/mol. The molecule has 0 fully saturated rings. The van der Waals surface area contributed by atoms with E-state index in [1.807, 2.05) is 26.0 Å². The monoisotopic (exact) mass is 318 g/mol. The molecule has 0 spiro atoms. The van der Waals surface area contributed by atoms with Crippen LogP contribution in [0.25, 0.3) is 0 Å². The van der Waals surface area contributed by atoms with Gasteiger partial charge >= 0.3 is 0 Å². The van der Waals surface area contributed by atoms with E-state index in [0.717, 1.165) is 10.2 Å². The lowest BCUT2D eigenvalue weighted by Crippen LogP contribution is -2.38. The molecule has 17 heavy (non-hydrogen) atoms. The van der Waals surface area contributed by atoms with Crippen LogP contribution in [-0.4, -0.2) is 19.0 Å². The third kappa shape index (κ3) is 5.66. The number of carbonyl (C=O) groups excluding carboxylic acids is 1. The van der Waals surface area contributed by atoms with Crippen LogP contribution in [0.5, 0.6) is 0 Å². The molecule has 0 bridgehead atoms. The van der Waals surface area contributed by atoms with Crippen LogP contribution in [0.2, 0.25) is 0 Å². The molecule has 0 aliphatic carbocycles. The molecular formula is C12H19BrN2OS. The highest BCUT2D eigenvalue weighted by atomic mass is 79.9. The normalized spacial score (nSPS) is 11.5. The van der Waals surface area contributed by atoms with Gasteiger partial charge in [-0.05, 0) is 46.4 Å². The molecule has 1 aromatic heterocycles. The zero-order chi connectivity index (χ0) is 12.9. The van der Waals surface area contributed by atoms with Crippen LogP contribution in [0.1, 0.15) is 25.1 Å². The fourth-order valence-electron chi connectivity index (χ4n) is 1.22. The molecule has 1 rings (SSSR count). The van der Waals surface area contributed by atoms with Crippen molar-refractivity contribution in [3.8, 4) is 0 Å². The largest absolute Gasteiger partial charge is 0.356 e. The van der Waals surface area contributed by atoms with Gasteiger partial charge in [-0.2, -0.15) is 0 Å². The van der Waals surface area contributed by atoms with Crippen molar-refractivity contribution in [2.24, 2.45) is 11.1 Å². The van der Waals surface area contributed by atoms with Crippen LogP contribution in [0.4, 0.5) is 0 Å². The van der Waals surface area contributed by atoms with Crippen LogP contribution >= 0.6 is 27.3 Å². The lowest BCUT2D eigenvalue weighted by atomic mass is 9.94. The summed E-state index contributed by atoms with van der Waals surface area (Å²) >= 11 is 5.08. The van der Waals surface area contributed by atoms with Gasteiger partial charge in [0.1, 0.15) is 0 Å². The van der Waals surface area contributed by atoms with Crippen molar-refractivity contribution in [1.29, 1.82) is 0 Å². The second-order valence-electron chi connectivity index (χ2n) is 4.85. The summed E-state index contributed by atoms with van der Waals surface area (Å²) < 4.78 is 1.11. The maximum Gasteiger partial charge on any atom is 0.220 e. The molecule has 0 saturated carbocycles. The number of amides is 1. The molecule has 1 amide bonds. The number of nitrogens with one attached hydrogen (secondary N) is 1. The van der Waals surface area contributed by atoms with Gasteiger partial charge in [-0.3, -0.25) is 4.79 Å². The van der Waals surface area contributed by atoms with Crippen LogP contribution in [0.3, 0.4) is 0 Å². The lowest BCUT2D eigenvalue weighted by molar-refractivity contribution is -0.121. The molecule has 3 nitrogen and oxygen atoms in total. The summed E-state index contributed by atoms with van der Waals surface area (Å²) in [4.78, 5) is 12.9. The van der Waals surface area contributed by atoms with Gasteiger partial charge in [0, 0.05) is 17.8 Å². The van der Waals surface area contributed by atoms with Crippen molar-refractivity contribution in [2.45, 2.75) is 26.7 Å². The van der Waals surface area contributed by atoms with E-state index < -0.39 is 0 Å². The molecule has 0 unspecified atom stereocenters. The van der Waals surface area contributed by atoms with E-state index in [4.69, 9.17) is 5.73 Å². The van der Waals surface area contributed by atoms with E-state index in [1.54, 1.807) is 11.3 Å². The van der Waals surface area contributed by atoms with Crippen molar-refractivity contribution in [3.05, 3.63) is 20.8 Å². The number of hydrogen-bond acceptors (Lipinski definition) is 3. The summed E-state index contributed by atoms with van der Waals surface area (Å²) in [5, 5.41) is 2.92. The van der Waals surface area contributed by atoms with Gasteiger partial charge in [-0.25, -0.2) is 0 Å². The molecule has 1 heterocycles. The van der Waals surface area contributed by atoms with E-state index >= 15 is 0 Å². The Kier molecular flexibility index (Phi) is 5.62. The number of thiophene rings is 1. The van der Waals surface area contributed by atoms with Gasteiger partial charge in [-0.1, -0.05) is 13.8 Å². The van der Waals surface area contributed by atoms with Gasteiger partial charge in [-0.15, -0.1) is 11.3 Å². The third-order valence-electron chi connectivity index (χ3n) is 2.54. The van der Waals surface area contributed by atoms with Gasteiger partial charge in [0.05, 0.1) is 3.79 Å². The number of aryl methyl sites for hydroxylation is 1. The first-order chi connectivity index (χ1) is 7.93. The molecule has 0 radical (unpaired) electrons. The maximum absolute atomic E-state index is 11.6. The minimum atomic E-state index is -0.0262. The minimum absolute atomic E-state index is 0.0262. The highest BCUT2D eigenvalue weighted by molar-refractivity contribution is 9.11. The van der Waals surface area contributed by atoms with Crippen molar-refractivity contribution in [3.63, 3.8) is 0 Å². The molecule has 0 aromatic carbocycles. The Labute approximate surface area is 115 Å². The summed E-state index contributed by atoms with van der Waals surface area (Å²) in [5.41, 5.74) is 5.58. The predicted octanol–water partition coefficient (Wildman–Crippen LogP) is 2.54. The summed E-state index contributed by atoms with van der Waals surface area (Å²) in [6, 6.07) is 4.06. The summed E-state index contributed by atoms with van der Waals surface area (Å²) in [6.07, 6.45) is 1.33. The SMILES string of the molecule is CC(C)(CN)CNC(=O)CCc1ccc(Br)s1. The van der Waals surface area contributed by atoms with E-state index in [-0.39, 0.29) is 11.3 Å². The lowest BCUT2D eigenvalue weighted by Gasteiger charge is -2.22. The Balaban J connectivity index is 2.26. The number of hydrogen-bond donors (Lipinski definition) is 2. The number of nitrogens with two attached hydrogens (primary N) is 1. The Morgan fingerprint density at radius 1 is 1.53 bits per heavy atom. The van der Waals surface area contributed by atoms with E-state index in [0.29, 0.717) is 19.5 Å². The maximum atomic E-state index is 11.6. The fraction of sp³-hybridized carbons (Fsp3) is 0.583. The van der Waals surface area contributed by atoms with Gasteiger partial charge in [0.25, 0.3) is 0 Å². The van der Waals surface area contributed by atoms with Crippen molar-refractivity contribution >= 4 is 33.2 Å². The van der Waals surface area contributed by atoms with Crippen molar-refractivity contribution in [2.75, 3.05) is 13.1 Å². The van der Waals surface area contributed by atoms with Gasteiger partial charge < -0.3 is 11.1 Å². The topological polar surface area (TPSA) is 55.1 Å². The van der Waals surface area contributed by atoms with Gasteiger partial charge in [0.15, 0.2) is 0 Å². The standard InChI is InChI=1S/C12H19BrN2OS/c1-12(2,7-14)8-15-11(16)6-4-9-3-5-10(13)17-9/h3,5H,4,6-8,14H2,1-2H3,(H,15,16). The molecule has 0 aliphatic rings. The molecule has 3 N–H and O–H groups in total. The summed E-state index contributed by atoms with van der Waals surface area (Å²) in [6.45, 7) is 5.30. The molecule has 96 valence electrons. The second-order valence-corrected chi connectivity index (χ2v) is 7.40. The molecule has 0 atom stereocenters. The van der Waals surface area contributed by atoms with E-state index in [9.17, 15) is 4.79 Å². The fourth-order valence-corrected chi connectivity index (χ4v) is 2.70. The Morgan fingerprint density at radius 2 is 2.24 bits per heavy atom. The Bertz CT molecular complexity index is 376. The first-order valence-corrected chi connectivity index (χ1v) is 7.25. The van der Waals surface area contributed by atoms with Crippen LogP contribution in [-0.2, 0) is 11.2 Å². The zero-order valence-corrected chi connectivity index (χ0v) is 12.7. The summed E-state index contributed by atoms with van der Waals surface area (Å²) in [5.74, 6) is 0.0936. The van der Waals surface area contributed by atoms with E-state index in [1.165, 1.54) is 4.88 Å². The Hall–Kier alpha value is -0.390. The minimum Gasteiger partial charge on any atom is -0.356 e. The predicted molar refractivity (Wildman–Crippen MR) is 76.2 cm³/mol. The van der Waals surface area contributed by atoms with Crippen LogP contribution < -0.4 is 11.1 Å². The summed E-state index contributed by atoms with van der Waals surface area (Å²) in [7, 11) is 0. The smallest absolute Gasteiger partial charge is 0.220 e. The highest BCUT2D eigenvalue weighted by Gasteiger charge is 2.16. The first-order valence-electron chi connectivity index (χ1n) is 5.64. The highest BCUT2D eigenvalue weighted by Crippen LogP contribution is 2.23. The van der Waals surface area contributed by atoms with Crippen molar-refractivity contribution < 1.29 is 4.79 Å². The molecule has 5 heteroatoms. The first kappa shape index (κ1) is 14.7. The van der Waals surface area contributed by atoms with E-state index in [2.05, 4.69) is 21.2 Å². The molecule has 1 aromatic rings. The third-order valence-corrected chi connectivity index (χ3v) is 4.23. The number of rotatable bonds is 6. The number of carbonyl (C=O) groups is 1. The molecule has 0 aliphatic heterocycles. The van der Waals surface area contributed by atoms with Crippen molar-refractivity contribution in [1.82, 2.24) is 5.32 Å². The molecular weight excluding hydrogens is 300 g/mol. The quantitative estimate of drug-likeness (QED) is 0.847. The van der Waals surface area contributed by atoms with Crippen LogP contribution in [0, 0.1) is 5.41 Å².